The summed E-state index contributed by atoms with van der Waals surface area (Å²) in [6, 6.07) is 0. The molecule has 0 radical (unpaired) electrons. The Labute approximate surface area is 140 Å². The molecule has 0 unspecified atom stereocenters. The molecular formula is C14H29IN4O. The highest BCUT2D eigenvalue weighted by Gasteiger charge is 2.18. The lowest BCUT2D eigenvalue weighted by Crippen LogP contribution is -2.46. The molecule has 0 saturated carbocycles. The second kappa shape index (κ2) is 10.2. The minimum Gasteiger partial charge on any atom is -0.356 e. The molecule has 0 aromatic heterocycles. The summed E-state index contributed by atoms with van der Waals surface area (Å²) in [7, 11) is 3.53. The maximum Gasteiger partial charge on any atom is 0.243 e. The zero-order chi connectivity index (χ0) is 14.3. The Morgan fingerprint density at radius 1 is 1.35 bits per heavy atom. The fraction of sp³-hybridized carbons (Fsp3) is 0.857. The number of hydrogen-bond acceptors (Lipinski definition) is 2. The van der Waals surface area contributed by atoms with E-state index in [1.54, 1.807) is 19.0 Å². The summed E-state index contributed by atoms with van der Waals surface area (Å²) < 4.78 is 0. The number of aliphatic imine (C=N–C) groups is 1. The topological polar surface area (TPSA) is 47.9 Å². The molecule has 1 saturated heterocycles. The van der Waals surface area contributed by atoms with Crippen molar-refractivity contribution >= 4 is 35.8 Å². The molecule has 118 valence electrons. The number of rotatable bonds is 4. The molecule has 0 bridgehead atoms. The molecule has 5 nitrogen and oxygen atoms in total. The van der Waals surface area contributed by atoms with E-state index in [-0.39, 0.29) is 36.4 Å². The van der Waals surface area contributed by atoms with Crippen LogP contribution in [0, 0.1) is 5.92 Å². The number of nitrogens with one attached hydrogen (secondary N) is 1. The highest BCUT2D eigenvalue weighted by molar-refractivity contribution is 14.0. The largest absolute Gasteiger partial charge is 0.356 e. The van der Waals surface area contributed by atoms with Crippen molar-refractivity contribution in [2.45, 2.75) is 33.1 Å². The van der Waals surface area contributed by atoms with Crippen LogP contribution in [0.1, 0.15) is 33.1 Å². The third-order valence-electron chi connectivity index (χ3n) is 3.48. The molecule has 1 amide bonds. The van der Waals surface area contributed by atoms with Gasteiger partial charge in [-0.15, -0.1) is 24.0 Å². The van der Waals surface area contributed by atoms with E-state index in [9.17, 15) is 4.79 Å². The molecule has 0 spiro atoms. The van der Waals surface area contributed by atoms with E-state index in [0.717, 1.165) is 37.9 Å². The molecule has 1 aliphatic rings. The fourth-order valence-electron chi connectivity index (χ4n) is 2.01. The summed E-state index contributed by atoms with van der Waals surface area (Å²) >= 11 is 0. The lowest BCUT2D eigenvalue weighted by molar-refractivity contribution is -0.127. The summed E-state index contributed by atoms with van der Waals surface area (Å²) in [6.45, 7) is 7.63. The Balaban J connectivity index is 0.00000361. The van der Waals surface area contributed by atoms with Gasteiger partial charge < -0.3 is 15.1 Å². The maximum absolute atomic E-state index is 11.6. The first-order valence-corrected chi connectivity index (χ1v) is 7.28. The van der Waals surface area contributed by atoms with Crippen LogP contribution in [0.2, 0.25) is 0 Å². The fourth-order valence-corrected chi connectivity index (χ4v) is 2.01. The van der Waals surface area contributed by atoms with Crippen LogP contribution in [0.3, 0.4) is 0 Å². The molecular weight excluding hydrogens is 367 g/mol. The van der Waals surface area contributed by atoms with Gasteiger partial charge in [-0.05, 0) is 25.2 Å². The van der Waals surface area contributed by atoms with Gasteiger partial charge in [0.25, 0.3) is 0 Å². The summed E-state index contributed by atoms with van der Waals surface area (Å²) in [5.74, 6) is 1.73. The van der Waals surface area contributed by atoms with Crippen molar-refractivity contribution in [2.75, 3.05) is 40.3 Å². The number of carbonyl (C=O) groups is 1. The number of likely N-dealkylation sites (tertiary alicyclic amines) is 1. The number of nitrogens with zero attached hydrogens (tertiary/aromatic N) is 3. The molecule has 0 atom stereocenters. The predicted molar refractivity (Wildman–Crippen MR) is 94.7 cm³/mol. The number of hydrogen-bond donors (Lipinski definition) is 1. The van der Waals surface area contributed by atoms with E-state index in [1.165, 1.54) is 12.8 Å². The lowest BCUT2D eigenvalue weighted by Gasteiger charge is -2.33. The van der Waals surface area contributed by atoms with Crippen LogP contribution in [0.5, 0.6) is 0 Å². The van der Waals surface area contributed by atoms with E-state index < -0.39 is 0 Å². The van der Waals surface area contributed by atoms with Gasteiger partial charge in [0.2, 0.25) is 5.91 Å². The van der Waals surface area contributed by atoms with E-state index in [1.807, 2.05) is 0 Å². The minimum absolute atomic E-state index is 0. The van der Waals surface area contributed by atoms with Crippen molar-refractivity contribution in [3.63, 3.8) is 0 Å². The standard InChI is InChI=1S/C14H28N4O.HI/c1-5-8-15-14(16-11-13(19)17(3)4)18-9-6-12(2)7-10-18;/h12H,5-11H2,1-4H3,(H,15,16);1H. The van der Waals surface area contributed by atoms with Gasteiger partial charge >= 0.3 is 0 Å². The van der Waals surface area contributed by atoms with Crippen LogP contribution in [-0.4, -0.2) is 61.9 Å². The second-order valence-corrected chi connectivity index (χ2v) is 5.52. The number of carbonyl (C=O) groups excluding carboxylic acids is 1. The Morgan fingerprint density at radius 2 is 1.95 bits per heavy atom. The quantitative estimate of drug-likeness (QED) is 0.448. The number of amides is 1. The van der Waals surface area contributed by atoms with Crippen LogP contribution in [-0.2, 0) is 4.79 Å². The first-order valence-electron chi connectivity index (χ1n) is 7.28. The highest BCUT2D eigenvalue weighted by atomic mass is 127. The van der Waals surface area contributed by atoms with E-state index in [4.69, 9.17) is 0 Å². The number of piperidine rings is 1. The third kappa shape index (κ3) is 6.76. The average molecular weight is 396 g/mol. The SMILES string of the molecule is CCCNC(=NCC(=O)N(C)C)N1CCC(C)CC1.I. The van der Waals surface area contributed by atoms with Gasteiger partial charge in [0.05, 0.1) is 0 Å². The average Bonchev–Trinajstić information content (AvgIpc) is 2.39. The van der Waals surface area contributed by atoms with Crippen molar-refractivity contribution in [1.29, 1.82) is 0 Å². The summed E-state index contributed by atoms with van der Waals surface area (Å²) in [4.78, 5) is 20.0. The van der Waals surface area contributed by atoms with E-state index in [0.29, 0.717) is 0 Å². The van der Waals surface area contributed by atoms with Crippen LogP contribution in [0.25, 0.3) is 0 Å². The Bertz CT molecular complexity index is 312. The van der Waals surface area contributed by atoms with E-state index >= 15 is 0 Å². The van der Waals surface area contributed by atoms with Crippen molar-refractivity contribution in [3.8, 4) is 0 Å². The molecule has 1 heterocycles. The first kappa shape index (κ1) is 19.5. The summed E-state index contributed by atoms with van der Waals surface area (Å²) in [5.41, 5.74) is 0. The van der Waals surface area contributed by atoms with Gasteiger partial charge in [-0.2, -0.15) is 0 Å². The smallest absolute Gasteiger partial charge is 0.243 e. The van der Waals surface area contributed by atoms with Gasteiger partial charge in [0.15, 0.2) is 5.96 Å². The van der Waals surface area contributed by atoms with Crippen LogP contribution in [0.15, 0.2) is 4.99 Å². The Morgan fingerprint density at radius 3 is 2.45 bits per heavy atom. The predicted octanol–water partition coefficient (Wildman–Crippen LogP) is 1.78. The monoisotopic (exact) mass is 396 g/mol. The van der Waals surface area contributed by atoms with Crippen molar-refractivity contribution in [1.82, 2.24) is 15.1 Å². The van der Waals surface area contributed by atoms with Gasteiger partial charge in [0.1, 0.15) is 6.54 Å². The summed E-state index contributed by atoms with van der Waals surface area (Å²) in [6.07, 6.45) is 3.47. The molecule has 1 rings (SSSR count). The molecule has 1 fully saturated rings. The van der Waals surface area contributed by atoms with Crippen molar-refractivity contribution in [3.05, 3.63) is 0 Å². The maximum atomic E-state index is 11.6. The number of halogens is 1. The zero-order valence-corrected chi connectivity index (χ0v) is 15.5. The molecule has 1 aliphatic heterocycles. The minimum atomic E-state index is 0. The van der Waals surface area contributed by atoms with Crippen molar-refractivity contribution < 1.29 is 4.79 Å². The molecule has 20 heavy (non-hydrogen) atoms. The third-order valence-corrected chi connectivity index (χ3v) is 3.48. The molecule has 6 heteroatoms. The number of guanidine groups is 1. The van der Waals surface area contributed by atoms with Gasteiger partial charge in [-0.25, -0.2) is 4.99 Å². The molecule has 1 N–H and O–H groups in total. The number of likely N-dealkylation sites (N-methyl/N-ethyl adjacent to an activating group) is 1. The molecule has 0 aromatic rings. The van der Waals surface area contributed by atoms with Gasteiger partial charge in [-0.1, -0.05) is 13.8 Å². The van der Waals surface area contributed by atoms with Crippen molar-refractivity contribution in [2.24, 2.45) is 10.9 Å². The molecule has 0 aliphatic carbocycles. The normalized spacial score (nSPS) is 16.6. The Kier molecular flexibility index (Phi) is 9.96. The highest BCUT2D eigenvalue weighted by Crippen LogP contribution is 2.15. The first-order chi connectivity index (χ1) is 9.04. The zero-order valence-electron chi connectivity index (χ0n) is 13.2. The molecule has 0 aromatic carbocycles. The summed E-state index contributed by atoms with van der Waals surface area (Å²) in [5, 5.41) is 3.35. The Hall–Kier alpha value is -0.530. The lowest BCUT2D eigenvalue weighted by atomic mass is 10.00. The van der Waals surface area contributed by atoms with Gasteiger partial charge in [-0.3, -0.25) is 4.79 Å². The van der Waals surface area contributed by atoms with Crippen LogP contribution in [0.4, 0.5) is 0 Å². The van der Waals surface area contributed by atoms with Gasteiger partial charge in [0, 0.05) is 33.7 Å². The van der Waals surface area contributed by atoms with Crippen LogP contribution >= 0.6 is 24.0 Å². The van der Waals surface area contributed by atoms with Crippen LogP contribution < -0.4 is 5.32 Å². The second-order valence-electron chi connectivity index (χ2n) is 5.52. The van der Waals surface area contributed by atoms with E-state index in [2.05, 4.69) is 29.1 Å².